The van der Waals surface area contributed by atoms with E-state index in [4.69, 9.17) is 33.2 Å². The zero-order valence-corrected chi connectivity index (χ0v) is 74.3. The average molecular weight is 1510 g/mol. The van der Waals surface area contributed by atoms with E-state index in [-0.39, 0.29) is 5.41 Å². The topological polar surface area (TPSA) is 81.1 Å². The predicted octanol–water partition coefficient (Wildman–Crippen LogP) is 23.5. The second kappa shape index (κ2) is 34.1. The Kier molecular flexibility index (Phi) is 26.3. The molecule has 5 aliphatic heterocycles. The third-order valence-corrected chi connectivity index (χ3v) is 50.7. The molecule has 7 nitrogen and oxygen atoms in total. The molecule has 0 spiro atoms. The van der Waals surface area contributed by atoms with Crippen LogP contribution in [0, 0.1) is 47.3 Å². The van der Waals surface area contributed by atoms with Crippen LogP contribution in [0.4, 0.5) is 0 Å². The first kappa shape index (κ1) is 79.4. The zero-order chi connectivity index (χ0) is 72.4. The molecule has 18 unspecified atom stereocenters. The van der Waals surface area contributed by atoms with Gasteiger partial charge >= 0.3 is 0 Å². The molecule has 7 aliphatic carbocycles. The number of benzene rings is 3. The second-order valence-corrected chi connectivity index (χ2v) is 73.2. The molecule has 3 aromatic carbocycles. The number of epoxide rings is 5. The minimum Gasteiger partial charge on any atom is -0.494 e. The van der Waals surface area contributed by atoms with Crippen molar-refractivity contribution in [3.63, 3.8) is 0 Å². The Hall–Kier alpha value is -1.64. The van der Waals surface area contributed by atoms with Crippen LogP contribution < -0.4 is 19.8 Å². The van der Waals surface area contributed by atoms with Crippen molar-refractivity contribution in [2.75, 3.05) is 13.2 Å². The van der Waals surface area contributed by atoms with E-state index in [1.807, 2.05) is 0 Å². The highest BCUT2D eigenvalue weighted by molar-refractivity contribution is 6.91. The van der Waals surface area contributed by atoms with Gasteiger partial charge in [-0.05, 0) is 211 Å². The van der Waals surface area contributed by atoms with Gasteiger partial charge in [0.05, 0.1) is 90.4 Å². The molecular weight excluding hydrogens is 1360 g/mol. The highest BCUT2D eigenvalue weighted by atomic mass is 28.3. The summed E-state index contributed by atoms with van der Waals surface area (Å²) in [6.07, 6.45) is 44.2. The van der Waals surface area contributed by atoms with Crippen molar-refractivity contribution in [3.8, 4) is 11.5 Å². The zero-order valence-electron chi connectivity index (χ0n) is 68.3. The lowest BCUT2D eigenvalue weighted by molar-refractivity contribution is 0.316. The molecule has 15 rings (SSSR count). The van der Waals surface area contributed by atoms with Gasteiger partial charge in [0.15, 0.2) is 0 Å². The van der Waals surface area contributed by atoms with Gasteiger partial charge < -0.3 is 33.2 Å². The summed E-state index contributed by atoms with van der Waals surface area (Å²) in [6.45, 7) is 37.7. The molecule has 18 atom stereocenters. The molecule has 7 saturated carbocycles. The van der Waals surface area contributed by atoms with Crippen LogP contribution in [0.15, 0.2) is 72.8 Å². The van der Waals surface area contributed by atoms with Crippen LogP contribution in [0.5, 0.6) is 11.5 Å². The molecule has 0 N–H and O–H groups in total. The third-order valence-electron chi connectivity index (χ3n) is 30.1. The molecule has 0 aromatic heterocycles. The highest BCUT2D eigenvalue weighted by Crippen LogP contribution is 2.53. The average Bonchev–Trinajstić information content (AvgIpc) is 1.08. The first-order chi connectivity index (χ1) is 49.1. The maximum Gasteiger partial charge on any atom is 0.119 e. The normalized spacial score (nSPS) is 32.6. The Bertz CT molecular complexity index is 2930. The summed E-state index contributed by atoms with van der Waals surface area (Å²) < 4.78 is 41.1. The molecule has 5 saturated heterocycles. The van der Waals surface area contributed by atoms with E-state index in [1.54, 1.807) is 47.4 Å². The monoisotopic (exact) mass is 1510 g/mol. The van der Waals surface area contributed by atoms with E-state index < -0.39 is 48.4 Å². The first-order valence-corrected chi connectivity index (χ1v) is 64.0. The van der Waals surface area contributed by atoms with Gasteiger partial charge in [0, 0.05) is 37.7 Å². The summed E-state index contributed by atoms with van der Waals surface area (Å²) >= 11 is 0. The summed E-state index contributed by atoms with van der Waals surface area (Å²) in [5, 5.41) is 3.33. The SMILES string of the molecule is CC(C)(c1ccc(OCCC[Si](C)(C)CCC2CCC3CC3C2)cc1)c1ccc(OCCC[Si](C)(C)CCC2CCC3OC3C2)cc1.C[Si](C)(CCC1CCC2OC2C1)CC[Si](C)(C)CCC1CCC2OC2C1.C[Si](C)(CCC1CCC2OC2C1)c1ccc([Si](C)(C)CCC2CCC3OC3C2)cc1. The molecule has 0 radical (unpaired) electrons. The van der Waals surface area contributed by atoms with Gasteiger partial charge in [0.1, 0.15) is 11.5 Å². The second-order valence-electron chi connectivity index (χ2n) is 42.2. The fourth-order valence-electron chi connectivity index (χ4n) is 20.9. The highest BCUT2D eigenvalue weighted by Gasteiger charge is 2.49. The molecule has 103 heavy (non-hydrogen) atoms. The Morgan fingerprint density at radius 1 is 0.291 bits per heavy atom. The van der Waals surface area contributed by atoms with Gasteiger partial charge in [0.25, 0.3) is 0 Å². The van der Waals surface area contributed by atoms with Gasteiger partial charge in [-0.3, -0.25) is 0 Å². The fraction of sp³-hybridized carbons (Fsp3) is 0.800. The van der Waals surface area contributed by atoms with Crippen LogP contribution in [0.3, 0.4) is 0 Å². The number of hydrogen-bond donors (Lipinski definition) is 0. The van der Waals surface area contributed by atoms with Crippen molar-refractivity contribution in [1.82, 2.24) is 0 Å². The summed E-state index contributed by atoms with van der Waals surface area (Å²) in [6, 6.07) is 42.6. The molecule has 5 heterocycles. The van der Waals surface area contributed by atoms with Crippen LogP contribution in [-0.4, -0.2) is 123 Å². The lowest BCUT2D eigenvalue weighted by Crippen LogP contribution is -2.45. The Balaban J connectivity index is 0.000000145. The Morgan fingerprint density at radius 2 is 0.573 bits per heavy atom. The van der Waals surface area contributed by atoms with E-state index in [2.05, 4.69) is 165 Å². The quantitative estimate of drug-likeness (QED) is 0.0330. The molecule has 0 bridgehead atoms. The fourth-order valence-corrected chi connectivity index (χ4v) is 39.2. The largest absolute Gasteiger partial charge is 0.494 e. The van der Waals surface area contributed by atoms with E-state index >= 15 is 0 Å². The van der Waals surface area contributed by atoms with E-state index in [1.165, 1.54) is 208 Å². The Labute approximate surface area is 636 Å². The lowest BCUT2D eigenvalue weighted by atomic mass is 9.78. The van der Waals surface area contributed by atoms with Crippen molar-refractivity contribution < 1.29 is 33.2 Å². The molecule has 3 aromatic rings. The van der Waals surface area contributed by atoms with E-state index in [0.29, 0.717) is 61.0 Å². The lowest BCUT2D eigenvalue weighted by Gasteiger charge is -2.31. The van der Waals surface area contributed by atoms with Crippen molar-refractivity contribution in [2.45, 2.75) is 393 Å². The number of ether oxygens (including phenoxy) is 7. The van der Waals surface area contributed by atoms with Crippen molar-refractivity contribution >= 4 is 58.8 Å². The minimum absolute atomic E-state index is 0.0774. The number of fused-ring (bicyclic) bond motifs is 6. The molecule has 576 valence electrons. The Morgan fingerprint density at radius 3 is 0.874 bits per heavy atom. The van der Waals surface area contributed by atoms with Crippen LogP contribution in [0.25, 0.3) is 0 Å². The summed E-state index contributed by atoms with van der Waals surface area (Å²) in [7, 11) is -6.98. The van der Waals surface area contributed by atoms with Crippen molar-refractivity contribution in [2.24, 2.45) is 47.3 Å². The molecule has 12 fully saturated rings. The first-order valence-electron chi connectivity index (χ1n) is 43.9. The standard InChI is InChI=1S/C42H66O3Si2.C26H42O2Si2.C22H42O2Si2/c1-42(2,36-12-16-38(17-13-36)43-23-7-25-46(3,4)27-21-32-9-11-34-31-35(34)29-32)37-14-18-39(19-15-37)44-24-8-26-47(5,6)28-22-33-10-20-40-41(30-33)45-40;1-29(2,15-13-19-5-11-23-25(17-19)27-23)21-7-9-22(10-8-21)30(3,4)16-14-20-6-12-24-26(18-20)28-24;1-25(2,11-9-17-5-7-19-21(15-17)23-19)13-14-26(3,4)12-10-18-6-8-20-22(16-18)24-20/h12-19,32-35,40-41H,7-11,20-31H2,1-6H3;7-10,19-20,23-26H,5-6,11-18H2,1-4H3;17-22H,5-16H2,1-4H3. The number of hydrogen-bond acceptors (Lipinski definition) is 7. The van der Waals surface area contributed by atoms with Crippen molar-refractivity contribution in [1.29, 1.82) is 0 Å². The maximum atomic E-state index is 6.22. The summed E-state index contributed by atoms with van der Waals surface area (Å²) in [4.78, 5) is 0. The molecule has 12 aliphatic rings. The van der Waals surface area contributed by atoms with Gasteiger partial charge in [0.2, 0.25) is 0 Å². The molecular formula is C90H150O7Si6. The van der Waals surface area contributed by atoms with Crippen LogP contribution in [0.1, 0.15) is 198 Å². The summed E-state index contributed by atoms with van der Waals surface area (Å²) in [5.74, 6) is 9.98. The van der Waals surface area contributed by atoms with Crippen LogP contribution in [0.2, 0.25) is 139 Å². The minimum atomic E-state index is -1.34. The van der Waals surface area contributed by atoms with Gasteiger partial charge in [-0.15, -0.1) is 0 Å². The van der Waals surface area contributed by atoms with Gasteiger partial charge in [-0.1, -0.05) is 257 Å². The van der Waals surface area contributed by atoms with Gasteiger partial charge in [-0.2, -0.15) is 0 Å². The smallest absolute Gasteiger partial charge is 0.119 e. The van der Waals surface area contributed by atoms with Crippen LogP contribution >= 0.6 is 0 Å². The summed E-state index contributed by atoms with van der Waals surface area (Å²) in [5.41, 5.74) is 2.55. The van der Waals surface area contributed by atoms with Crippen LogP contribution in [-0.2, 0) is 29.1 Å². The maximum absolute atomic E-state index is 6.22. The predicted molar refractivity (Wildman–Crippen MR) is 451 cm³/mol. The van der Waals surface area contributed by atoms with E-state index in [9.17, 15) is 0 Å². The molecule has 0 amide bonds. The molecule has 13 heteroatoms. The number of rotatable bonds is 35. The third kappa shape index (κ3) is 23.9. The van der Waals surface area contributed by atoms with Crippen molar-refractivity contribution in [3.05, 3.63) is 83.9 Å². The van der Waals surface area contributed by atoms with E-state index in [0.717, 1.165) is 72.1 Å². The van der Waals surface area contributed by atoms with Gasteiger partial charge in [-0.25, -0.2) is 0 Å².